The number of carbonyl (C=O) groups excluding carboxylic acids is 1. The number of rotatable bonds is 4. The van der Waals surface area contributed by atoms with E-state index in [1.54, 1.807) is 6.07 Å². The van der Waals surface area contributed by atoms with Crippen molar-refractivity contribution in [3.63, 3.8) is 0 Å². The summed E-state index contributed by atoms with van der Waals surface area (Å²) in [5, 5.41) is 2.90. The van der Waals surface area contributed by atoms with Gasteiger partial charge >= 0.3 is 0 Å². The Labute approximate surface area is 90.7 Å². The van der Waals surface area contributed by atoms with Gasteiger partial charge in [0.05, 0.1) is 0 Å². The standard InChI is InChI=1S/C12H18N2O/c1-3-5-12(15)14-11-7-6-10(13)8-9(11)4-2/h6-8H,3-5,13H2,1-2H3,(H,14,15). The van der Waals surface area contributed by atoms with E-state index in [2.05, 4.69) is 5.32 Å². The van der Waals surface area contributed by atoms with Crippen LogP contribution in [0.5, 0.6) is 0 Å². The summed E-state index contributed by atoms with van der Waals surface area (Å²) in [6.07, 6.45) is 2.29. The smallest absolute Gasteiger partial charge is 0.224 e. The number of hydrogen-bond acceptors (Lipinski definition) is 2. The van der Waals surface area contributed by atoms with Crippen molar-refractivity contribution >= 4 is 17.3 Å². The molecular formula is C12H18N2O. The lowest BCUT2D eigenvalue weighted by Crippen LogP contribution is -2.12. The monoisotopic (exact) mass is 206 g/mol. The van der Waals surface area contributed by atoms with Gasteiger partial charge in [-0.3, -0.25) is 4.79 Å². The molecule has 0 fully saturated rings. The first kappa shape index (κ1) is 11.6. The molecule has 0 heterocycles. The van der Waals surface area contributed by atoms with E-state index < -0.39 is 0 Å². The first-order valence-electron chi connectivity index (χ1n) is 5.35. The van der Waals surface area contributed by atoms with Crippen LogP contribution in [0.1, 0.15) is 32.3 Å². The van der Waals surface area contributed by atoms with E-state index in [9.17, 15) is 4.79 Å². The predicted molar refractivity (Wildman–Crippen MR) is 63.8 cm³/mol. The minimum atomic E-state index is 0.0666. The highest BCUT2D eigenvalue weighted by Gasteiger charge is 2.05. The lowest BCUT2D eigenvalue weighted by atomic mass is 10.1. The number of nitrogens with one attached hydrogen (secondary N) is 1. The molecule has 0 unspecified atom stereocenters. The van der Waals surface area contributed by atoms with Gasteiger partial charge in [-0.25, -0.2) is 0 Å². The quantitative estimate of drug-likeness (QED) is 0.744. The lowest BCUT2D eigenvalue weighted by molar-refractivity contribution is -0.116. The van der Waals surface area contributed by atoms with Gasteiger partial charge in [0.1, 0.15) is 0 Å². The van der Waals surface area contributed by atoms with Crippen molar-refractivity contribution in [3.05, 3.63) is 23.8 Å². The van der Waals surface area contributed by atoms with Crippen molar-refractivity contribution in [2.24, 2.45) is 0 Å². The molecule has 1 aromatic rings. The van der Waals surface area contributed by atoms with Gasteiger partial charge in [-0.1, -0.05) is 13.8 Å². The van der Waals surface area contributed by atoms with Crippen molar-refractivity contribution < 1.29 is 4.79 Å². The number of carbonyl (C=O) groups is 1. The van der Waals surface area contributed by atoms with Gasteiger partial charge in [-0.2, -0.15) is 0 Å². The Bertz CT molecular complexity index is 347. The van der Waals surface area contributed by atoms with Gasteiger partial charge in [0.25, 0.3) is 0 Å². The number of aryl methyl sites for hydroxylation is 1. The summed E-state index contributed by atoms with van der Waals surface area (Å²) >= 11 is 0. The maximum atomic E-state index is 11.4. The molecule has 1 aromatic carbocycles. The highest BCUT2D eigenvalue weighted by Crippen LogP contribution is 2.19. The molecule has 0 radical (unpaired) electrons. The summed E-state index contributed by atoms with van der Waals surface area (Å²) in [6, 6.07) is 5.57. The molecule has 3 N–H and O–H groups in total. The first-order valence-corrected chi connectivity index (χ1v) is 5.35. The molecule has 0 saturated heterocycles. The second-order valence-corrected chi connectivity index (χ2v) is 3.57. The SMILES string of the molecule is CCCC(=O)Nc1ccc(N)cc1CC. The third-order valence-electron chi connectivity index (χ3n) is 2.26. The van der Waals surface area contributed by atoms with Gasteiger partial charge in [0, 0.05) is 17.8 Å². The Kier molecular flexibility index (Phi) is 4.16. The van der Waals surface area contributed by atoms with Gasteiger partial charge < -0.3 is 11.1 Å². The maximum absolute atomic E-state index is 11.4. The molecule has 1 amide bonds. The van der Waals surface area contributed by atoms with E-state index >= 15 is 0 Å². The highest BCUT2D eigenvalue weighted by molar-refractivity contribution is 5.91. The summed E-state index contributed by atoms with van der Waals surface area (Å²) in [6.45, 7) is 4.04. The molecule has 0 saturated carbocycles. The van der Waals surface area contributed by atoms with E-state index in [1.165, 1.54) is 0 Å². The van der Waals surface area contributed by atoms with Crippen molar-refractivity contribution in [2.45, 2.75) is 33.1 Å². The lowest BCUT2D eigenvalue weighted by Gasteiger charge is -2.10. The summed E-state index contributed by atoms with van der Waals surface area (Å²) in [5.74, 6) is 0.0666. The fraction of sp³-hybridized carbons (Fsp3) is 0.417. The number of nitrogen functional groups attached to an aromatic ring is 1. The Morgan fingerprint density at radius 1 is 1.40 bits per heavy atom. The van der Waals surface area contributed by atoms with Crippen LogP contribution in [-0.4, -0.2) is 5.91 Å². The van der Waals surface area contributed by atoms with Gasteiger partial charge in [-0.15, -0.1) is 0 Å². The number of hydrogen-bond donors (Lipinski definition) is 2. The molecule has 0 aliphatic heterocycles. The average molecular weight is 206 g/mol. The second kappa shape index (κ2) is 5.39. The van der Waals surface area contributed by atoms with E-state index in [-0.39, 0.29) is 5.91 Å². The van der Waals surface area contributed by atoms with Crippen LogP contribution in [0.3, 0.4) is 0 Å². The molecule has 0 spiro atoms. The fourth-order valence-electron chi connectivity index (χ4n) is 1.47. The highest BCUT2D eigenvalue weighted by atomic mass is 16.1. The molecule has 1 rings (SSSR count). The van der Waals surface area contributed by atoms with Crippen LogP contribution in [-0.2, 0) is 11.2 Å². The van der Waals surface area contributed by atoms with Crippen molar-refractivity contribution in [1.82, 2.24) is 0 Å². The minimum Gasteiger partial charge on any atom is -0.399 e. The van der Waals surface area contributed by atoms with E-state index in [1.807, 2.05) is 26.0 Å². The van der Waals surface area contributed by atoms with Crippen molar-refractivity contribution in [2.75, 3.05) is 11.1 Å². The zero-order valence-electron chi connectivity index (χ0n) is 9.34. The minimum absolute atomic E-state index is 0.0666. The van der Waals surface area contributed by atoms with Crippen molar-refractivity contribution in [3.8, 4) is 0 Å². The van der Waals surface area contributed by atoms with E-state index in [4.69, 9.17) is 5.73 Å². The van der Waals surface area contributed by atoms with E-state index in [0.717, 1.165) is 29.8 Å². The van der Waals surface area contributed by atoms with Gasteiger partial charge in [0.15, 0.2) is 0 Å². The van der Waals surface area contributed by atoms with E-state index in [0.29, 0.717) is 6.42 Å². The number of benzene rings is 1. The van der Waals surface area contributed by atoms with Crippen LogP contribution >= 0.6 is 0 Å². The molecule has 0 bridgehead atoms. The molecule has 15 heavy (non-hydrogen) atoms. The van der Waals surface area contributed by atoms with Gasteiger partial charge in [0.2, 0.25) is 5.91 Å². The third kappa shape index (κ3) is 3.27. The molecule has 3 nitrogen and oxygen atoms in total. The largest absolute Gasteiger partial charge is 0.399 e. The predicted octanol–water partition coefficient (Wildman–Crippen LogP) is 2.57. The summed E-state index contributed by atoms with van der Waals surface area (Å²) in [7, 11) is 0. The van der Waals surface area contributed by atoms with Crippen LogP contribution in [0.15, 0.2) is 18.2 Å². The zero-order valence-corrected chi connectivity index (χ0v) is 9.34. The molecule has 0 aliphatic rings. The van der Waals surface area contributed by atoms with Crippen LogP contribution in [0.25, 0.3) is 0 Å². The van der Waals surface area contributed by atoms with Crippen LogP contribution in [0.2, 0.25) is 0 Å². The second-order valence-electron chi connectivity index (χ2n) is 3.57. The normalized spacial score (nSPS) is 10.0. The third-order valence-corrected chi connectivity index (χ3v) is 2.26. The zero-order chi connectivity index (χ0) is 11.3. The maximum Gasteiger partial charge on any atom is 0.224 e. The first-order chi connectivity index (χ1) is 7.17. The Balaban J connectivity index is 2.80. The molecule has 0 aliphatic carbocycles. The average Bonchev–Trinajstić information content (AvgIpc) is 2.21. The summed E-state index contributed by atoms with van der Waals surface area (Å²) < 4.78 is 0. The van der Waals surface area contributed by atoms with Crippen LogP contribution < -0.4 is 11.1 Å². The summed E-state index contributed by atoms with van der Waals surface area (Å²) in [5.41, 5.74) is 8.38. The number of amides is 1. The Morgan fingerprint density at radius 2 is 2.13 bits per heavy atom. The Morgan fingerprint density at radius 3 is 2.73 bits per heavy atom. The molecule has 82 valence electrons. The number of anilines is 2. The van der Waals surface area contributed by atoms with Crippen LogP contribution in [0.4, 0.5) is 11.4 Å². The van der Waals surface area contributed by atoms with Gasteiger partial charge in [-0.05, 0) is 36.6 Å². The Hall–Kier alpha value is -1.51. The topological polar surface area (TPSA) is 55.1 Å². The number of nitrogens with two attached hydrogens (primary N) is 1. The molecule has 0 aromatic heterocycles. The van der Waals surface area contributed by atoms with Crippen LogP contribution in [0, 0.1) is 0 Å². The molecule has 0 atom stereocenters. The molecule has 3 heteroatoms. The summed E-state index contributed by atoms with van der Waals surface area (Å²) in [4.78, 5) is 11.4. The molecular weight excluding hydrogens is 188 g/mol. The van der Waals surface area contributed by atoms with Crippen molar-refractivity contribution in [1.29, 1.82) is 0 Å². The fourth-order valence-corrected chi connectivity index (χ4v) is 1.47.